The Hall–Kier alpha value is -2.37. The minimum Gasteiger partial charge on any atom is -0.465 e. The standard InChI is InChI=1S/C23H21Cl2N3O4S3/c1-32-22(29)20-18-4-2-3-5-19(18)34-21(20)27-23(33)26-15-6-8-17(9-7-15)35(30,31)28-16-11-13(24)10-14(25)12-16/h6-12,28H,2-5H2,1H3,(H2,26,27,33). The Kier molecular flexibility index (Phi) is 7.87. The zero-order valence-electron chi connectivity index (χ0n) is 18.5. The van der Waals surface area contributed by atoms with Crippen molar-refractivity contribution in [1.29, 1.82) is 0 Å². The predicted octanol–water partition coefficient (Wildman–Crippen LogP) is 6.33. The van der Waals surface area contributed by atoms with Crippen molar-refractivity contribution in [3.8, 4) is 0 Å². The molecule has 1 aliphatic rings. The molecule has 7 nitrogen and oxygen atoms in total. The summed E-state index contributed by atoms with van der Waals surface area (Å²) in [6.45, 7) is 0. The molecule has 3 aromatic rings. The van der Waals surface area contributed by atoms with E-state index in [-0.39, 0.29) is 15.7 Å². The van der Waals surface area contributed by atoms with Gasteiger partial charge in [0.25, 0.3) is 10.0 Å². The fourth-order valence-electron chi connectivity index (χ4n) is 3.78. The lowest BCUT2D eigenvalue weighted by Gasteiger charge is -2.13. The second-order valence-electron chi connectivity index (χ2n) is 7.77. The normalized spacial score (nSPS) is 13.0. The number of anilines is 3. The first-order chi connectivity index (χ1) is 16.7. The Labute approximate surface area is 222 Å². The van der Waals surface area contributed by atoms with Gasteiger partial charge in [-0.1, -0.05) is 23.2 Å². The maximum Gasteiger partial charge on any atom is 0.341 e. The lowest BCUT2D eigenvalue weighted by atomic mass is 9.95. The fraction of sp³-hybridized carbons (Fsp3) is 0.217. The highest BCUT2D eigenvalue weighted by Gasteiger charge is 2.26. The molecule has 0 bridgehead atoms. The number of methoxy groups -OCH3 is 1. The van der Waals surface area contributed by atoms with E-state index in [1.165, 1.54) is 53.7 Å². The summed E-state index contributed by atoms with van der Waals surface area (Å²) < 4.78 is 32.9. The van der Waals surface area contributed by atoms with Gasteiger partial charge in [-0.2, -0.15) is 0 Å². The molecule has 184 valence electrons. The molecule has 1 aromatic heterocycles. The summed E-state index contributed by atoms with van der Waals surface area (Å²) in [6, 6.07) is 10.5. The number of carbonyl (C=O) groups excluding carboxylic acids is 1. The van der Waals surface area contributed by atoms with Gasteiger partial charge < -0.3 is 15.4 Å². The second kappa shape index (κ2) is 10.7. The number of thiocarbonyl (C=S) groups is 1. The van der Waals surface area contributed by atoms with Gasteiger partial charge in [0.15, 0.2) is 5.11 Å². The third kappa shape index (κ3) is 6.07. The van der Waals surface area contributed by atoms with Crippen molar-refractivity contribution in [2.75, 3.05) is 22.5 Å². The van der Waals surface area contributed by atoms with Gasteiger partial charge in [0.2, 0.25) is 0 Å². The molecule has 0 amide bonds. The Morgan fingerprint density at radius 1 is 1.00 bits per heavy atom. The van der Waals surface area contributed by atoms with E-state index < -0.39 is 16.0 Å². The molecule has 1 aliphatic carbocycles. The van der Waals surface area contributed by atoms with Crippen LogP contribution in [0, 0.1) is 0 Å². The lowest BCUT2D eigenvalue weighted by Crippen LogP contribution is -2.20. The number of benzene rings is 2. The number of carbonyl (C=O) groups is 1. The molecule has 3 N–H and O–H groups in total. The van der Waals surface area contributed by atoms with Crippen molar-refractivity contribution in [2.24, 2.45) is 0 Å². The SMILES string of the molecule is COC(=O)c1c(NC(=S)Nc2ccc(S(=O)(=O)Nc3cc(Cl)cc(Cl)c3)cc2)sc2c1CCCC2. The van der Waals surface area contributed by atoms with Crippen LogP contribution in [0.25, 0.3) is 0 Å². The molecule has 12 heteroatoms. The smallest absolute Gasteiger partial charge is 0.341 e. The van der Waals surface area contributed by atoms with Crippen molar-refractivity contribution in [3.63, 3.8) is 0 Å². The van der Waals surface area contributed by atoms with Gasteiger partial charge >= 0.3 is 5.97 Å². The molecular weight excluding hydrogens is 549 g/mol. The summed E-state index contributed by atoms with van der Waals surface area (Å²) in [5.74, 6) is -0.391. The van der Waals surface area contributed by atoms with E-state index in [2.05, 4.69) is 15.4 Å². The molecule has 2 aromatic carbocycles. The summed E-state index contributed by atoms with van der Waals surface area (Å²) in [4.78, 5) is 13.6. The molecule has 1 heterocycles. The molecule has 35 heavy (non-hydrogen) atoms. The Morgan fingerprint density at radius 3 is 2.31 bits per heavy atom. The van der Waals surface area contributed by atoms with Gasteiger partial charge in [-0.25, -0.2) is 13.2 Å². The maximum absolute atomic E-state index is 12.7. The van der Waals surface area contributed by atoms with Crippen LogP contribution in [-0.4, -0.2) is 26.6 Å². The largest absolute Gasteiger partial charge is 0.465 e. The molecule has 0 fully saturated rings. The van der Waals surface area contributed by atoms with Crippen LogP contribution in [-0.2, 0) is 27.6 Å². The van der Waals surface area contributed by atoms with Crippen molar-refractivity contribution >= 4 is 84.2 Å². The minimum atomic E-state index is -3.85. The highest BCUT2D eigenvalue weighted by atomic mass is 35.5. The predicted molar refractivity (Wildman–Crippen MR) is 146 cm³/mol. The highest BCUT2D eigenvalue weighted by molar-refractivity contribution is 7.92. The molecule has 0 saturated heterocycles. The van der Waals surface area contributed by atoms with Crippen molar-refractivity contribution < 1.29 is 17.9 Å². The highest BCUT2D eigenvalue weighted by Crippen LogP contribution is 2.38. The fourth-order valence-corrected chi connectivity index (χ4v) is 6.91. The van der Waals surface area contributed by atoms with Gasteiger partial charge in [-0.15, -0.1) is 11.3 Å². The number of nitrogens with one attached hydrogen (secondary N) is 3. The first-order valence-corrected chi connectivity index (χ1v) is 14.0. The number of rotatable bonds is 6. The first kappa shape index (κ1) is 25.7. The zero-order valence-corrected chi connectivity index (χ0v) is 22.4. The monoisotopic (exact) mass is 569 g/mol. The third-order valence-corrected chi connectivity index (χ3v) is 8.57. The average molecular weight is 571 g/mol. The lowest BCUT2D eigenvalue weighted by molar-refractivity contribution is 0.0601. The third-order valence-electron chi connectivity index (χ3n) is 5.33. The van der Waals surface area contributed by atoms with Crippen LogP contribution in [0.2, 0.25) is 10.0 Å². The zero-order chi connectivity index (χ0) is 25.2. The van der Waals surface area contributed by atoms with E-state index in [0.717, 1.165) is 31.2 Å². The van der Waals surface area contributed by atoms with Crippen LogP contribution in [0.15, 0.2) is 47.4 Å². The van der Waals surface area contributed by atoms with E-state index in [0.29, 0.717) is 26.3 Å². The number of sulfonamides is 1. The number of fused-ring (bicyclic) bond motifs is 1. The van der Waals surface area contributed by atoms with Gasteiger partial charge in [0.1, 0.15) is 5.00 Å². The quantitative estimate of drug-likeness (QED) is 0.235. The van der Waals surface area contributed by atoms with Crippen LogP contribution in [0.3, 0.4) is 0 Å². The topological polar surface area (TPSA) is 96.5 Å². The first-order valence-electron chi connectivity index (χ1n) is 10.6. The van der Waals surface area contributed by atoms with Gasteiger partial charge in [0.05, 0.1) is 23.3 Å². The van der Waals surface area contributed by atoms with Crippen LogP contribution in [0.4, 0.5) is 16.4 Å². The molecule has 4 rings (SSSR count). The number of hydrogen-bond acceptors (Lipinski definition) is 6. The van der Waals surface area contributed by atoms with Crippen LogP contribution in [0.1, 0.15) is 33.6 Å². The Morgan fingerprint density at radius 2 is 1.66 bits per heavy atom. The van der Waals surface area contributed by atoms with Crippen molar-refractivity contribution in [3.05, 3.63) is 68.5 Å². The Balaban J connectivity index is 1.46. The molecule has 0 spiro atoms. The van der Waals surface area contributed by atoms with Gasteiger partial charge in [-0.3, -0.25) is 4.72 Å². The maximum atomic E-state index is 12.7. The number of ether oxygens (including phenoxy) is 1. The molecular formula is C23H21Cl2N3O4S3. The van der Waals surface area contributed by atoms with E-state index >= 15 is 0 Å². The number of thiophene rings is 1. The van der Waals surface area contributed by atoms with Crippen molar-refractivity contribution in [2.45, 2.75) is 30.6 Å². The van der Waals surface area contributed by atoms with Crippen molar-refractivity contribution in [1.82, 2.24) is 0 Å². The number of aryl methyl sites for hydroxylation is 1. The molecule has 0 unspecified atom stereocenters. The summed E-state index contributed by atoms with van der Waals surface area (Å²) >= 11 is 18.8. The van der Waals surface area contributed by atoms with Gasteiger partial charge in [0, 0.05) is 20.6 Å². The minimum absolute atomic E-state index is 0.0527. The number of halogens is 2. The van der Waals surface area contributed by atoms with Crippen LogP contribution < -0.4 is 15.4 Å². The molecule has 0 atom stereocenters. The number of esters is 1. The summed E-state index contributed by atoms with van der Waals surface area (Å²) in [7, 11) is -2.49. The van der Waals surface area contributed by atoms with E-state index in [1.54, 1.807) is 12.1 Å². The number of hydrogen-bond donors (Lipinski definition) is 3. The summed E-state index contributed by atoms with van der Waals surface area (Å²) in [5.41, 5.74) is 2.40. The van der Waals surface area contributed by atoms with Crippen LogP contribution >= 0.6 is 46.8 Å². The molecule has 0 saturated carbocycles. The summed E-state index contributed by atoms with van der Waals surface area (Å²) in [6.07, 6.45) is 3.88. The second-order valence-corrected chi connectivity index (χ2v) is 11.8. The summed E-state index contributed by atoms with van der Waals surface area (Å²) in [5, 5.41) is 7.68. The van der Waals surface area contributed by atoms with Crippen LogP contribution in [0.5, 0.6) is 0 Å². The molecule has 0 aliphatic heterocycles. The van der Waals surface area contributed by atoms with E-state index in [4.69, 9.17) is 40.2 Å². The Bertz CT molecular complexity index is 1370. The molecule has 0 radical (unpaired) electrons. The van der Waals surface area contributed by atoms with E-state index in [1.807, 2.05) is 0 Å². The van der Waals surface area contributed by atoms with Gasteiger partial charge in [-0.05, 0) is 85.9 Å². The van der Waals surface area contributed by atoms with E-state index in [9.17, 15) is 13.2 Å². The average Bonchev–Trinajstić information content (AvgIpc) is 3.15.